The molecule has 0 fully saturated rings. The summed E-state index contributed by atoms with van der Waals surface area (Å²) >= 11 is 0. The van der Waals surface area contributed by atoms with Crippen LogP contribution in [0.4, 0.5) is 5.69 Å². The molecule has 1 aromatic carbocycles. The zero-order valence-corrected chi connectivity index (χ0v) is 12.7. The number of carbonyl (C=O) groups excluding carboxylic acids is 2. The van der Waals surface area contributed by atoms with Crippen molar-refractivity contribution in [2.45, 2.75) is 39.5 Å². The van der Waals surface area contributed by atoms with Crippen molar-refractivity contribution in [1.29, 1.82) is 0 Å². The van der Waals surface area contributed by atoms with Gasteiger partial charge in [-0.25, -0.2) is 4.79 Å². The van der Waals surface area contributed by atoms with Gasteiger partial charge in [0.1, 0.15) is 0 Å². The maximum atomic E-state index is 11.8. The first-order chi connectivity index (χ1) is 10.0. The van der Waals surface area contributed by atoms with Crippen LogP contribution >= 0.6 is 0 Å². The van der Waals surface area contributed by atoms with Crippen molar-refractivity contribution >= 4 is 17.6 Å². The van der Waals surface area contributed by atoms with E-state index >= 15 is 0 Å². The number of esters is 2. The number of rotatable bonds is 8. The summed E-state index contributed by atoms with van der Waals surface area (Å²) in [6.07, 6.45) is 2.71. The quantitative estimate of drug-likeness (QED) is 0.453. The number of benzene rings is 1. The zero-order chi connectivity index (χ0) is 15.7. The number of nitrogen functional groups attached to an aromatic ring is 1. The highest BCUT2D eigenvalue weighted by atomic mass is 16.5. The Morgan fingerprint density at radius 3 is 2.52 bits per heavy atom. The minimum atomic E-state index is -0.365. The predicted molar refractivity (Wildman–Crippen MR) is 81.0 cm³/mol. The summed E-state index contributed by atoms with van der Waals surface area (Å²) in [6, 6.07) is 5.15. The number of unbranched alkanes of at least 4 members (excludes halogenated alkanes) is 2. The first kappa shape index (κ1) is 17.0. The van der Waals surface area contributed by atoms with E-state index in [2.05, 4.69) is 0 Å². The van der Waals surface area contributed by atoms with Crippen LogP contribution in [0.25, 0.3) is 0 Å². The van der Waals surface area contributed by atoms with Crippen LogP contribution < -0.4 is 5.73 Å². The summed E-state index contributed by atoms with van der Waals surface area (Å²) in [5.74, 6) is -0.541. The largest absolute Gasteiger partial charge is 0.466 e. The first-order valence-corrected chi connectivity index (χ1v) is 7.23. The molecule has 0 saturated heterocycles. The molecule has 5 heteroatoms. The van der Waals surface area contributed by atoms with Crippen molar-refractivity contribution in [1.82, 2.24) is 0 Å². The predicted octanol–water partition coefficient (Wildman–Crippen LogP) is 2.86. The molecular formula is C16H23NO4. The third kappa shape index (κ3) is 6.79. The molecule has 21 heavy (non-hydrogen) atoms. The van der Waals surface area contributed by atoms with Crippen molar-refractivity contribution < 1.29 is 19.1 Å². The second-order valence-electron chi connectivity index (χ2n) is 4.88. The molecule has 0 aromatic heterocycles. The summed E-state index contributed by atoms with van der Waals surface area (Å²) < 4.78 is 10.0. The number of carbonyl (C=O) groups is 2. The van der Waals surface area contributed by atoms with E-state index in [0.717, 1.165) is 24.8 Å². The SMILES string of the molecule is CCOC(=O)CCCCCOC(=O)c1cc(C)cc(N)c1. The topological polar surface area (TPSA) is 78.6 Å². The number of hydrogen-bond donors (Lipinski definition) is 1. The van der Waals surface area contributed by atoms with Gasteiger partial charge in [0.25, 0.3) is 0 Å². The Hall–Kier alpha value is -2.04. The van der Waals surface area contributed by atoms with Crippen molar-refractivity contribution in [3.8, 4) is 0 Å². The van der Waals surface area contributed by atoms with E-state index in [1.807, 2.05) is 6.92 Å². The molecule has 1 rings (SSSR count). The Morgan fingerprint density at radius 2 is 1.86 bits per heavy atom. The van der Waals surface area contributed by atoms with Gasteiger partial charge in [-0.3, -0.25) is 4.79 Å². The van der Waals surface area contributed by atoms with Gasteiger partial charge in [-0.1, -0.05) is 0 Å². The minimum Gasteiger partial charge on any atom is -0.466 e. The highest BCUT2D eigenvalue weighted by molar-refractivity contribution is 5.90. The van der Waals surface area contributed by atoms with Crippen LogP contribution in [0.1, 0.15) is 48.5 Å². The highest BCUT2D eigenvalue weighted by Gasteiger charge is 2.08. The second-order valence-corrected chi connectivity index (χ2v) is 4.88. The van der Waals surface area contributed by atoms with E-state index in [4.69, 9.17) is 15.2 Å². The molecule has 5 nitrogen and oxygen atoms in total. The molecule has 116 valence electrons. The van der Waals surface area contributed by atoms with E-state index in [1.54, 1.807) is 25.1 Å². The lowest BCUT2D eigenvalue weighted by Crippen LogP contribution is -2.08. The van der Waals surface area contributed by atoms with Crippen LogP contribution in [0, 0.1) is 6.92 Å². The van der Waals surface area contributed by atoms with Gasteiger partial charge >= 0.3 is 11.9 Å². The molecule has 2 N–H and O–H groups in total. The number of aryl methyl sites for hydroxylation is 1. The number of anilines is 1. The van der Waals surface area contributed by atoms with Crippen molar-refractivity contribution in [2.75, 3.05) is 18.9 Å². The molecule has 1 aromatic rings. The summed E-state index contributed by atoms with van der Waals surface area (Å²) in [6.45, 7) is 4.42. The third-order valence-corrected chi connectivity index (χ3v) is 2.90. The van der Waals surface area contributed by atoms with Crippen LogP contribution in [-0.4, -0.2) is 25.2 Å². The van der Waals surface area contributed by atoms with Crippen LogP contribution in [-0.2, 0) is 14.3 Å². The molecule has 0 radical (unpaired) electrons. The van der Waals surface area contributed by atoms with E-state index in [-0.39, 0.29) is 11.9 Å². The lowest BCUT2D eigenvalue weighted by atomic mass is 10.1. The number of hydrogen-bond acceptors (Lipinski definition) is 5. The maximum absolute atomic E-state index is 11.8. The van der Waals surface area contributed by atoms with Gasteiger partial charge in [-0.15, -0.1) is 0 Å². The third-order valence-electron chi connectivity index (χ3n) is 2.90. The van der Waals surface area contributed by atoms with Crippen LogP contribution in [0.3, 0.4) is 0 Å². The highest BCUT2D eigenvalue weighted by Crippen LogP contribution is 2.12. The van der Waals surface area contributed by atoms with Gasteiger partial charge in [0, 0.05) is 12.1 Å². The summed E-state index contributed by atoms with van der Waals surface area (Å²) in [5, 5.41) is 0. The lowest BCUT2D eigenvalue weighted by Gasteiger charge is -2.06. The van der Waals surface area contributed by atoms with Crippen LogP contribution in [0.5, 0.6) is 0 Å². The molecule has 0 unspecified atom stereocenters. The van der Waals surface area contributed by atoms with E-state index in [9.17, 15) is 9.59 Å². The molecular weight excluding hydrogens is 270 g/mol. The molecule has 0 atom stereocenters. The fourth-order valence-electron chi connectivity index (χ4n) is 1.96. The van der Waals surface area contributed by atoms with Crippen molar-refractivity contribution in [2.24, 2.45) is 0 Å². The fourth-order valence-corrected chi connectivity index (χ4v) is 1.96. The average molecular weight is 293 g/mol. The summed E-state index contributed by atoms with van der Waals surface area (Å²) in [4.78, 5) is 22.9. The van der Waals surface area contributed by atoms with Gasteiger partial charge in [0.05, 0.1) is 18.8 Å². The van der Waals surface area contributed by atoms with Crippen molar-refractivity contribution in [3.05, 3.63) is 29.3 Å². The Morgan fingerprint density at radius 1 is 1.10 bits per heavy atom. The number of nitrogens with two attached hydrogens (primary N) is 1. The minimum absolute atomic E-state index is 0.176. The van der Waals surface area contributed by atoms with Crippen molar-refractivity contribution in [3.63, 3.8) is 0 Å². The summed E-state index contributed by atoms with van der Waals surface area (Å²) in [7, 11) is 0. The Balaban J connectivity index is 2.20. The molecule has 0 amide bonds. The van der Waals surface area contributed by atoms with E-state index in [0.29, 0.717) is 30.9 Å². The molecule has 0 saturated carbocycles. The second kappa shape index (κ2) is 9.00. The lowest BCUT2D eigenvalue weighted by molar-refractivity contribution is -0.143. The molecule has 0 spiro atoms. The van der Waals surface area contributed by atoms with Crippen LogP contribution in [0.2, 0.25) is 0 Å². The standard InChI is InChI=1S/C16H23NO4/c1-3-20-15(18)7-5-4-6-8-21-16(19)13-9-12(2)10-14(17)11-13/h9-11H,3-8,17H2,1-2H3. The normalized spacial score (nSPS) is 10.2. The first-order valence-electron chi connectivity index (χ1n) is 7.23. The Labute approximate surface area is 125 Å². The van der Waals surface area contributed by atoms with Gasteiger partial charge < -0.3 is 15.2 Å². The average Bonchev–Trinajstić information content (AvgIpc) is 2.41. The Kier molecular flexibility index (Phi) is 7.29. The van der Waals surface area contributed by atoms with Gasteiger partial charge in [-0.05, 0) is 56.9 Å². The molecule has 0 heterocycles. The Bertz CT molecular complexity index is 465. The maximum Gasteiger partial charge on any atom is 0.338 e. The van der Waals surface area contributed by atoms with E-state index < -0.39 is 0 Å². The summed E-state index contributed by atoms with van der Waals surface area (Å²) in [5.41, 5.74) is 7.64. The monoisotopic (exact) mass is 293 g/mol. The fraction of sp³-hybridized carbons (Fsp3) is 0.500. The van der Waals surface area contributed by atoms with Gasteiger partial charge in [0.15, 0.2) is 0 Å². The molecule has 0 bridgehead atoms. The molecule has 0 aliphatic heterocycles. The van der Waals surface area contributed by atoms with Gasteiger partial charge in [-0.2, -0.15) is 0 Å². The molecule has 0 aliphatic rings. The zero-order valence-electron chi connectivity index (χ0n) is 12.7. The van der Waals surface area contributed by atoms with Gasteiger partial charge in [0.2, 0.25) is 0 Å². The number of ether oxygens (including phenoxy) is 2. The smallest absolute Gasteiger partial charge is 0.338 e. The van der Waals surface area contributed by atoms with E-state index in [1.165, 1.54) is 0 Å². The van der Waals surface area contributed by atoms with Crippen LogP contribution in [0.15, 0.2) is 18.2 Å². The molecule has 0 aliphatic carbocycles.